The van der Waals surface area contributed by atoms with Gasteiger partial charge < -0.3 is 0 Å². The average Bonchev–Trinajstić information content (AvgIpc) is 2.51. The zero-order valence-electron chi connectivity index (χ0n) is 11.3. The van der Waals surface area contributed by atoms with Crippen molar-refractivity contribution in [2.24, 2.45) is 5.10 Å². The maximum absolute atomic E-state index is 12.8. The molecule has 0 unspecified atom stereocenters. The second kappa shape index (κ2) is 7.09. The molecule has 2 rings (SSSR count). The topological polar surface area (TPSA) is 41.5 Å². The summed E-state index contributed by atoms with van der Waals surface area (Å²) in [6.07, 6.45) is 0. The number of nitrogens with one attached hydrogen (secondary N) is 1. The molecule has 0 bridgehead atoms. The van der Waals surface area contributed by atoms with E-state index in [0.717, 1.165) is 0 Å². The van der Waals surface area contributed by atoms with Gasteiger partial charge in [-0.2, -0.15) is 5.10 Å². The fourth-order valence-electron chi connectivity index (χ4n) is 1.67. The fourth-order valence-corrected chi connectivity index (χ4v) is 2.34. The third-order valence-corrected chi connectivity index (χ3v) is 4.15. The Morgan fingerprint density at radius 3 is 2.32 bits per heavy atom. The van der Waals surface area contributed by atoms with Gasteiger partial charge in [0.25, 0.3) is 5.91 Å². The summed E-state index contributed by atoms with van der Waals surface area (Å²) in [5, 5.41) is 4.77. The fraction of sp³-hybridized carbons (Fsp3) is 0.0667. The van der Waals surface area contributed by atoms with Crippen molar-refractivity contribution < 1.29 is 9.18 Å². The summed E-state index contributed by atoms with van der Waals surface area (Å²) < 4.78 is 12.8. The predicted octanol–water partition coefficient (Wildman–Crippen LogP) is 4.94. The summed E-state index contributed by atoms with van der Waals surface area (Å²) in [5.41, 5.74) is 3.67. The van der Waals surface area contributed by atoms with E-state index in [4.69, 9.17) is 34.8 Å². The molecule has 2 aromatic carbocycles. The van der Waals surface area contributed by atoms with Gasteiger partial charge in [0.1, 0.15) is 5.82 Å². The van der Waals surface area contributed by atoms with Crippen molar-refractivity contribution in [3.05, 3.63) is 68.4 Å². The number of carbonyl (C=O) groups is 1. The van der Waals surface area contributed by atoms with E-state index in [-0.39, 0.29) is 15.6 Å². The molecule has 0 aliphatic carbocycles. The second-order valence-electron chi connectivity index (χ2n) is 4.37. The SMILES string of the molecule is CC(=NNC(=O)c1ccc(F)cc1)c1ccc(Cl)c(Cl)c1Cl. The first kappa shape index (κ1) is 16.7. The summed E-state index contributed by atoms with van der Waals surface area (Å²) in [6.45, 7) is 1.66. The number of hydrazone groups is 1. The summed E-state index contributed by atoms with van der Waals surface area (Å²) >= 11 is 17.9. The molecule has 0 radical (unpaired) electrons. The van der Waals surface area contributed by atoms with Crippen molar-refractivity contribution in [2.75, 3.05) is 0 Å². The first-order valence-electron chi connectivity index (χ1n) is 6.14. The van der Waals surface area contributed by atoms with Gasteiger partial charge in [-0.25, -0.2) is 9.82 Å². The minimum absolute atomic E-state index is 0.222. The van der Waals surface area contributed by atoms with Gasteiger partial charge in [-0.15, -0.1) is 0 Å². The van der Waals surface area contributed by atoms with Gasteiger partial charge >= 0.3 is 0 Å². The number of amides is 1. The van der Waals surface area contributed by atoms with Crippen LogP contribution < -0.4 is 5.43 Å². The maximum Gasteiger partial charge on any atom is 0.271 e. The van der Waals surface area contributed by atoms with Gasteiger partial charge in [0.2, 0.25) is 0 Å². The van der Waals surface area contributed by atoms with Crippen molar-refractivity contribution in [1.82, 2.24) is 5.43 Å². The molecular weight excluding hydrogens is 350 g/mol. The van der Waals surface area contributed by atoms with Crippen LogP contribution in [0.5, 0.6) is 0 Å². The standard InChI is InChI=1S/C15H10Cl3FN2O/c1-8(11-6-7-12(16)14(18)13(11)17)20-21-15(22)9-2-4-10(19)5-3-9/h2-7H,1H3,(H,21,22). The highest BCUT2D eigenvalue weighted by atomic mass is 35.5. The van der Waals surface area contributed by atoms with Crippen LogP contribution in [0, 0.1) is 5.82 Å². The van der Waals surface area contributed by atoms with Crippen LogP contribution in [-0.2, 0) is 0 Å². The minimum atomic E-state index is -0.462. The molecule has 0 aliphatic rings. The van der Waals surface area contributed by atoms with E-state index < -0.39 is 11.7 Å². The molecule has 0 fully saturated rings. The molecule has 1 N–H and O–H groups in total. The Hall–Kier alpha value is -1.62. The largest absolute Gasteiger partial charge is 0.271 e. The number of nitrogens with zero attached hydrogens (tertiary/aromatic N) is 1. The Balaban J connectivity index is 2.18. The van der Waals surface area contributed by atoms with Crippen molar-refractivity contribution >= 4 is 46.4 Å². The Kier molecular flexibility index (Phi) is 5.40. The molecule has 0 aromatic heterocycles. The molecule has 0 heterocycles. The average molecular weight is 360 g/mol. The lowest BCUT2D eigenvalue weighted by Gasteiger charge is -2.07. The molecule has 0 saturated heterocycles. The molecule has 1 amide bonds. The van der Waals surface area contributed by atoms with Crippen LogP contribution >= 0.6 is 34.8 Å². The van der Waals surface area contributed by atoms with Crippen LogP contribution in [-0.4, -0.2) is 11.6 Å². The number of hydrogen-bond acceptors (Lipinski definition) is 2. The lowest BCUT2D eigenvalue weighted by Crippen LogP contribution is -2.19. The maximum atomic E-state index is 12.8. The first-order valence-corrected chi connectivity index (χ1v) is 7.27. The molecule has 114 valence electrons. The van der Waals surface area contributed by atoms with Gasteiger partial charge in [0, 0.05) is 11.1 Å². The Morgan fingerprint density at radius 1 is 1.05 bits per heavy atom. The van der Waals surface area contributed by atoms with E-state index in [1.165, 1.54) is 24.3 Å². The van der Waals surface area contributed by atoms with Gasteiger partial charge in [-0.3, -0.25) is 4.79 Å². The molecule has 0 aliphatic heterocycles. The van der Waals surface area contributed by atoms with Gasteiger partial charge in [0.05, 0.1) is 20.8 Å². The number of benzene rings is 2. The monoisotopic (exact) mass is 358 g/mol. The summed E-state index contributed by atoms with van der Waals surface area (Å²) in [6, 6.07) is 8.36. The summed E-state index contributed by atoms with van der Waals surface area (Å²) in [4.78, 5) is 11.9. The van der Waals surface area contributed by atoms with E-state index >= 15 is 0 Å². The predicted molar refractivity (Wildman–Crippen MR) is 87.5 cm³/mol. The van der Waals surface area contributed by atoms with Crippen LogP contribution in [0.25, 0.3) is 0 Å². The highest BCUT2D eigenvalue weighted by Gasteiger charge is 2.11. The van der Waals surface area contributed by atoms with Gasteiger partial charge in [-0.05, 0) is 37.3 Å². The number of halogens is 4. The Morgan fingerprint density at radius 2 is 1.68 bits per heavy atom. The van der Waals surface area contributed by atoms with E-state index in [0.29, 0.717) is 16.3 Å². The van der Waals surface area contributed by atoms with Crippen molar-refractivity contribution in [3.8, 4) is 0 Å². The summed E-state index contributed by atoms with van der Waals surface area (Å²) in [7, 11) is 0. The van der Waals surface area contributed by atoms with Crippen LogP contribution in [0.4, 0.5) is 4.39 Å². The lowest BCUT2D eigenvalue weighted by atomic mass is 10.1. The molecule has 0 spiro atoms. The van der Waals surface area contributed by atoms with E-state index in [2.05, 4.69) is 10.5 Å². The zero-order chi connectivity index (χ0) is 16.3. The van der Waals surface area contributed by atoms with E-state index in [9.17, 15) is 9.18 Å². The highest BCUT2D eigenvalue weighted by Crippen LogP contribution is 2.32. The number of carbonyl (C=O) groups excluding carboxylic acids is 1. The molecule has 2 aromatic rings. The quantitative estimate of drug-likeness (QED) is 0.471. The highest BCUT2D eigenvalue weighted by molar-refractivity contribution is 6.49. The van der Waals surface area contributed by atoms with Crippen molar-refractivity contribution in [3.63, 3.8) is 0 Å². The summed E-state index contributed by atoms with van der Waals surface area (Å²) in [5.74, 6) is -0.880. The lowest BCUT2D eigenvalue weighted by molar-refractivity contribution is 0.0955. The van der Waals surface area contributed by atoms with Gasteiger partial charge in [-0.1, -0.05) is 40.9 Å². The smallest absolute Gasteiger partial charge is 0.267 e. The molecule has 3 nitrogen and oxygen atoms in total. The molecule has 0 saturated carbocycles. The van der Waals surface area contributed by atoms with Gasteiger partial charge in [0.15, 0.2) is 0 Å². The van der Waals surface area contributed by atoms with E-state index in [1.54, 1.807) is 19.1 Å². The number of rotatable bonds is 3. The molecule has 0 atom stereocenters. The van der Waals surface area contributed by atoms with Crippen LogP contribution in [0.3, 0.4) is 0 Å². The second-order valence-corrected chi connectivity index (χ2v) is 5.53. The molecule has 7 heteroatoms. The normalized spacial score (nSPS) is 11.4. The minimum Gasteiger partial charge on any atom is -0.267 e. The first-order chi connectivity index (χ1) is 10.4. The zero-order valence-corrected chi connectivity index (χ0v) is 13.6. The van der Waals surface area contributed by atoms with E-state index in [1.807, 2.05) is 0 Å². The molecular formula is C15H10Cl3FN2O. The third-order valence-electron chi connectivity index (χ3n) is 2.86. The van der Waals surface area contributed by atoms with Crippen LogP contribution in [0.2, 0.25) is 15.1 Å². The Labute approximate surface area is 141 Å². The van der Waals surface area contributed by atoms with Crippen molar-refractivity contribution in [2.45, 2.75) is 6.92 Å². The Bertz CT molecular complexity index is 745. The van der Waals surface area contributed by atoms with Crippen LogP contribution in [0.15, 0.2) is 41.5 Å². The third kappa shape index (κ3) is 3.77. The van der Waals surface area contributed by atoms with Crippen molar-refractivity contribution in [1.29, 1.82) is 0 Å². The van der Waals surface area contributed by atoms with Crippen LogP contribution in [0.1, 0.15) is 22.8 Å². The molecule has 22 heavy (non-hydrogen) atoms. The number of hydrogen-bond donors (Lipinski definition) is 1.